The summed E-state index contributed by atoms with van der Waals surface area (Å²) in [5.41, 5.74) is 3.75. The topological polar surface area (TPSA) is 49.4 Å². The minimum atomic E-state index is -0.172. The van der Waals surface area contributed by atoms with E-state index in [1.165, 1.54) is 0 Å². The largest absolute Gasteiger partial charge is 0.322 e. The minimum Gasteiger partial charge on any atom is -0.322 e. The molecule has 154 valence electrons. The number of carbonyl (C=O) groups excluding carboxylic acids is 2. The summed E-state index contributed by atoms with van der Waals surface area (Å²) in [7, 11) is 0. The van der Waals surface area contributed by atoms with Crippen LogP contribution in [0.3, 0.4) is 0 Å². The summed E-state index contributed by atoms with van der Waals surface area (Å²) in [4.78, 5) is 27.5. The van der Waals surface area contributed by atoms with Gasteiger partial charge in [0.15, 0.2) is 0 Å². The smallest absolute Gasteiger partial charge is 0.258 e. The predicted octanol–water partition coefficient (Wildman–Crippen LogP) is 6.07. The maximum atomic E-state index is 13.3. The van der Waals surface area contributed by atoms with Crippen molar-refractivity contribution in [1.29, 1.82) is 0 Å². The van der Waals surface area contributed by atoms with Crippen LogP contribution in [-0.4, -0.2) is 18.4 Å². The molecule has 4 aromatic carbocycles. The molecule has 4 heteroatoms. The van der Waals surface area contributed by atoms with Gasteiger partial charge in [0, 0.05) is 28.7 Å². The van der Waals surface area contributed by atoms with E-state index in [0.717, 1.165) is 22.0 Å². The van der Waals surface area contributed by atoms with Gasteiger partial charge in [-0.2, -0.15) is 0 Å². The molecule has 0 atom stereocenters. The van der Waals surface area contributed by atoms with Crippen LogP contribution in [0, 0.1) is 6.92 Å². The fraction of sp³-hybridized carbons (Fsp3) is 0.111. The van der Waals surface area contributed by atoms with Crippen LogP contribution in [0.25, 0.3) is 10.8 Å². The zero-order chi connectivity index (χ0) is 21.8. The van der Waals surface area contributed by atoms with E-state index in [2.05, 4.69) is 5.32 Å². The van der Waals surface area contributed by atoms with Crippen LogP contribution < -0.4 is 10.2 Å². The molecule has 0 aliphatic carbocycles. The average Bonchev–Trinajstić information content (AvgIpc) is 2.80. The van der Waals surface area contributed by atoms with Crippen molar-refractivity contribution < 1.29 is 9.59 Å². The molecule has 0 radical (unpaired) electrons. The van der Waals surface area contributed by atoms with E-state index in [0.29, 0.717) is 23.4 Å². The Morgan fingerprint density at radius 2 is 1.52 bits per heavy atom. The molecule has 0 saturated heterocycles. The van der Waals surface area contributed by atoms with Gasteiger partial charge in [0.2, 0.25) is 0 Å². The summed E-state index contributed by atoms with van der Waals surface area (Å²) in [5, 5.41) is 5.03. The summed E-state index contributed by atoms with van der Waals surface area (Å²) in [6, 6.07) is 28.5. The molecule has 2 amide bonds. The van der Waals surface area contributed by atoms with Gasteiger partial charge in [-0.1, -0.05) is 54.1 Å². The first-order valence-corrected chi connectivity index (χ1v) is 10.3. The molecule has 0 bridgehead atoms. The third kappa shape index (κ3) is 4.33. The number of hydrogen-bond acceptors (Lipinski definition) is 2. The SMILES string of the molecule is CCN(C(=O)c1ccc(NC(=O)c2cccc(C)c2)cc1)c1cccc2ccccc12. The number of aryl methyl sites for hydroxylation is 1. The second-order valence-electron chi connectivity index (χ2n) is 7.45. The van der Waals surface area contributed by atoms with Crippen LogP contribution >= 0.6 is 0 Å². The Balaban J connectivity index is 1.55. The highest BCUT2D eigenvalue weighted by Gasteiger charge is 2.18. The molecule has 0 aliphatic heterocycles. The Hall–Kier alpha value is -3.92. The maximum Gasteiger partial charge on any atom is 0.258 e. The van der Waals surface area contributed by atoms with Crippen molar-refractivity contribution in [1.82, 2.24) is 0 Å². The second kappa shape index (κ2) is 8.84. The van der Waals surface area contributed by atoms with Crippen molar-refractivity contribution >= 4 is 34.0 Å². The quantitative estimate of drug-likeness (QED) is 0.436. The fourth-order valence-corrected chi connectivity index (χ4v) is 3.71. The minimum absolute atomic E-state index is 0.0737. The van der Waals surface area contributed by atoms with Crippen LogP contribution in [0.2, 0.25) is 0 Å². The summed E-state index contributed by atoms with van der Waals surface area (Å²) < 4.78 is 0. The van der Waals surface area contributed by atoms with Crippen LogP contribution in [0.15, 0.2) is 91.0 Å². The lowest BCUT2D eigenvalue weighted by Crippen LogP contribution is -2.30. The lowest BCUT2D eigenvalue weighted by atomic mass is 10.1. The number of carbonyl (C=O) groups is 2. The molecule has 1 N–H and O–H groups in total. The first-order chi connectivity index (χ1) is 15.1. The zero-order valence-electron chi connectivity index (χ0n) is 17.6. The van der Waals surface area contributed by atoms with E-state index in [1.54, 1.807) is 35.2 Å². The Morgan fingerprint density at radius 1 is 0.806 bits per heavy atom. The number of nitrogens with one attached hydrogen (secondary N) is 1. The van der Waals surface area contributed by atoms with Crippen LogP contribution in [0.1, 0.15) is 33.2 Å². The van der Waals surface area contributed by atoms with E-state index in [9.17, 15) is 9.59 Å². The molecule has 31 heavy (non-hydrogen) atoms. The van der Waals surface area contributed by atoms with Crippen molar-refractivity contribution in [2.45, 2.75) is 13.8 Å². The molecule has 0 spiro atoms. The molecule has 0 aliphatic rings. The maximum absolute atomic E-state index is 13.3. The van der Waals surface area contributed by atoms with Crippen molar-refractivity contribution in [2.75, 3.05) is 16.8 Å². The van der Waals surface area contributed by atoms with E-state index >= 15 is 0 Å². The van der Waals surface area contributed by atoms with Gasteiger partial charge < -0.3 is 10.2 Å². The zero-order valence-corrected chi connectivity index (χ0v) is 17.6. The number of rotatable bonds is 5. The normalized spacial score (nSPS) is 10.6. The summed E-state index contributed by atoms with van der Waals surface area (Å²) in [5.74, 6) is -0.246. The van der Waals surface area contributed by atoms with E-state index < -0.39 is 0 Å². The molecule has 0 saturated carbocycles. The molecule has 0 heterocycles. The van der Waals surface area contributed by atoms with E-state index in [1.807, 2.05) is 74.5 Å². The van der Waals surface area contributed by atoms with Gasteiger partial charge in [-0.3, -0.25) is 9.59 Å². The van der Waals surface area contributed by atoms with Crippen molar-refractivity contribution in [3.8, 4) is 0 Å². The number of amides is 2. The Morgan fingerprint density at radius 3 is 2.26 bits per heavy atom. The number of benzene rings is 4. The van der Waals surface area contributed by atoms with Gasteiger partial charge in [-0.05, 0) is 61.7 Å². The average molecular weight is 409 g/mol. The number of hydrogen-bond donors (Lipinski definition) is 1. The monoisotopic (exact) mass is 408 g/mol. The van der Waals surface area contributed by atoms with Crippen LogP contribution in [-0.2, 0) is 0 Å². The molecule has 0 fully saturated rings. The first kappa shape index (κ1) is 20.4. The van der Waals surface area contributed by atoms with Gasteiger partial charge >= 0.3 is 0 Å². The molecule has 4 aromatic rings. The summed E-state index contributed by atoms with van der Waals surface area (Å²) in [6.07, 6.45) is 0. The molecule has 4 nitrogen and oxygen atoms in total. The van der Waals surface area contributed by atoms with Gasteiger partial charge in [0.25, 0.3) is 11.8 Å². The highest BCUT2D eigenvalue weighted by Crippen LogP contribution is 2.28. The second-order valence-corrected chi connectivity index (χ2v) is 7.45. The molecular weight excluding hydrogens is 384 g/mol. The number of fused-ring (bicyclic) bond motifs is 1. The molecular formula is C27H24N2O2. The number of anilines is 2. The Bertz CT molecular complexity index is 1240. The lowest BCUT2D eigenvalue weighted by molar-refractivity contribution is 0.0987. The van der Waals surface area contributed by atoms with Crippen molar-refractivity contribution in [2.24, 2.45) is 0 Å². The first-order valence-electron chi connectivity index (χ1n) is 10.3. The van der Waals surface area contributed by atoms with E-state index in [-0.39, 0.29) is 11.8 Å². The van der Waals surface area contributed by atoms with Gasteiger partial charge in [-0.15, -0.1) is 0 Å². The fourth-order valence-electron chi connectivity index (χ4n) is 3.71. The lowest BCUT2D eigenvalue weighted by Gasteiger charge is -2.23. The summed E-state index contributed by atoms with van der Waals surface area (Å²) in [6.45, 7) is 4.47. The van der Waals surface area contributed by atoms with Gasteiger partial charge in [0.1, 0.15) is 0 Å². The van der Waals surface area contributed by atoms with Crippen molar-refractivity contribution in [3.05, 3.63) is 108 Å². The van der Waals surface area contributed by atoms with Crippen LogP contribution in [0.5, 0.6) is 0 Å². The predicted molar refractivity (Wildman–Crippen MR) is 127 cm³/mol. The Kier molecular flexibility index (Phi) is 5.80. The Labute approximate surface area is 182 Å². The highest BCUT2D eigenvalue weighted by atomic mass is 16.2. The third-order valence-electron chi connectivity index (χ3n) is 5.29. The highest BCUT2D eigenvalue weighted by molar-refractivity contribution is 6.11. The van der Waals surface area contributed by atoms with Gasteiger partial charge in [0.05, 0.1) is 5.69 Å². The standard InChI is InChI=1S/C27H24N2O2/c1-3-29(25-13-7-10-20-9-4-5-12-24(20)25)27(31)21-14-16-23(17-15-21)28-26(30)22-11-6-8-19(2)18-22/h4-18H,3H2,1-2H3,(H,28,30). The third-order valence-corrected chi connectivity index (χ3v) is 5.29. The number of nitrogens with zero attached hydrogens (tertiary/aromatic N) is 1. The van der Waals surface area contributed by atoms with Crippen LogP contribution in [0.4, 0.5) is 11.4 Å². The van der Waals surface area contributed by atoms with Crippen molar-refractivity contribution in [3.63, 3.8) is 0 Å². The summed E-state index contributed by atoms with van der Waals surface area (Å²) >= 11 is 0. The molecule has 0 unspecified atom stereocenters. The molecule has 4 rings (SSSR count). The van der Waals surface area contributed by atoms with E-state index in [4.69, 9.17) is 0 Å². The molecule has 0 aromatic heterocycles. The van der Waals surface area contributed by atoms with Gasteiger partial charge in [-0.25, -0.2) is 0 Å².